The van der Waals surface area contributed by atoms with Gasteiger partial charge in [0.25, 0.3) is 0 Å². The molecule has 0 unspecified atom stereocenters. The number of hydrogen-bond donors (Lipinski definition) is 1. The van der Waals surface area contributed by atoms with E-state index in [0.717, 1.165) is 25.3 Å². The van der Waals surface area contributed by atoms with Gasteiger partial charge in [0, 0.05) is 5.56 Å². The summed E-state index contributed by atoms with van der Waals surface area (Å²) in [5, 5.41) is 0. The molecule has 1 rings (SSSR count). The topological polar surface area (TPSA) is 43.1 Å². The van der Waals surface area contributed by atoms with Gasteiger partial charge in [0.15, 0.2) is 0 Å². The van der Waals surface area contributed by atoms with Crippen LogP contribution in [0.15, 0.2) is 18.2 Å². The van der Waals surface area contributed by atoms with Crippen LogP contribution in [0, 0.1) is 0 Å². The van der Waals surface area contributed by atoms with Crippen LogP contribution in [0.3, 0.4) is 0 Å². The van der Waals surface area contributed by atoms with Crippen molar-refractivity contribution in [2.75, 3.05) is 0 Å². The second-order valence-corrected chi connectivity index (χ2v) is 4.50. The Hall–Kier alpha value is -1.52. The molecular formula is C14H18F3NO. The lowest BCUT2D eigenvalue weighted by atomic mass is 9.95. The lowest BCUT2D eigenvalue weighted by Gasteiger charge is -2.15. The molecule has 0 saturated heterocycles. The molecule has 1 amide bonds. The minimum Gasteiger partial charge on any atom is -0.366 e. The molecule has 0 spiro atoms. The number of halogens is 3. The molecule has 0 radical (unpaired) electrons. The molecule has 0 aromatic heterocycles. The number of amides is 1. The first kappa shape index (κ1) is 15.5. The SMILES string of the molecule is CCCCCCc1c(C(N)=O)cccc1C(F)(F)F. The predicted octanol–water partition coefficient (Wildman–Crippen LogP) is 3.93. The van der Waals surface area contributed by atoms with E-state index in [-0.39, 0.29) is 17.5 Å². The molecule has 0 aliphatic rings. The molecule has 0 saturated carbocycles. The number of unbranched alkanes of at least 4 members (excludes halogenated alkanes) is 3. The zero-order valence-electron chi connectivity index (χ0n) is 10.9. The third-order valence-corrected chi connectivity index (χ3v) is 3.03. The highest BCUT2D eigenvalue weighted by Gasteiger charge is 2.34. The van der Waals surface area contributed by atoms with E-state index in [1.54, 1.807) is 0 Å². The van der Waals surface area contributed by atoms with Gasteiger partial charge in [-0.3, -0.25) is 4.79 Å². The van der Waals surface area contributed by atoms with E-state index in [1.165, 1.54) is 12.1 Å². The first-order chi connectivity index (χ1) is 8.88. The maximum Gasteiger partial charge on any atom is 0.416 e. The Balaban J connectivity index is 3.04. The molecule has 5 heteroatoms. The van der Waals surface area contributed by atoms with Crippen LogP contribution in [0.25, 0.3) is 0 Å². The van der Waals surface area contributed by atoms with Crippen LogP contribution in [0.5, 0.6) is 0 Å². The van der Waals surface area contributed by atoms with E-state index in [4.69, 9.17) is 5.73 Å². The van der Waals surface area contributed by atoms with Crippen LogP contribution >= 0.6 is 0 Å². The average Bonchev–Trinajstić information content (AvgIpc) is 2.33. The van der Waals surface area contributed by atoms with Gasteiger partial charge in [-0.1, -0.05) is 32.3 Å². The monoisotopic (exact) mass is 273 g/mol. The van der Waals surface area contributed by atoms with Crippen LogP contribution in [-0.4, -0.2) is 5.91 Å². The Bertz CT molecular complexity index is 441. The minimum atomic E-state index is -4.45. The maximum absolute atomic E-state index is 12.9. The summed E-state index contributed by atoms with van der Waals surface area (Å²) >= 11 is 0. The number of alkyl halides is 3. The summed E-state index contributed by atoms with van der Waals surface area (Å²) in [4.78, 5) is 11.2. The van der Waals surface area contributed by atoms with Gasteiger partial charge >= 0.3 is 6.18 Å². The van der Waals surface area contributed by atoms with Crippen molar-refractivity contribution in [3.8, 4) is 0 Å². The summed E-state index contributed by atoms with van der Waals surface area (Å²) in [6, 6.07) is 3.58. The van der Waals surface area contributed by atoms with Gasteiger partial charge in [0.1, 0.15) is 0 Å². The van der Waals surface area contributed by atoms with Crippen LogP contribution in [0.2, 0.25) is 0 Å². The predicted molar refractivity (Wildman–Crippen MR) is 67.8 cm³/mol. The third-order valence-electron chi connectivity index (χ3n) is 3.03. The Morgan fingerprint density at radius 3 is 2.42 bits per heavy atom. The minimum absolute atomic E-state index is 0.0219. The molecule has 106 valence electrons. The highest BCUT2D eigenvalue weighted by atomic mass is 19.4. The van der Waals surface area contributed by atoms with E-state index in [9.17, 15) is 18.0 Å². The molecule has 0 fully saturated rings. The molecular weight excluding hydrogens is 255 g/mol. The molecule has 0 aliphatic heterocycles. The summed E-state index contributed by atoms with van der Waals surface area (Å²) in [6.07, 6.45) is -0.773. The molecule has 1 aromatic rings. The second kappa shape index (κ2) is 6.59. The van der Waals surface area contributed by atoms with Gasteiger partial charge in [-0.15, -0.1) is 0 Å². The Morgan fingerprint density at radius 1 is 1.21 bits per heavy atom. The Morgan fingerprint density at radius 2 is 1.89 bits per heavy atom. The average molecular weight is 273 g/mol. The van der Waals surface area contributed by atoms with Crippen molar-refractivity contribution in [1.82, 2.24) is 0 Å². The zero-order chi connectivity index (χ0) is 14.5. The number of primary amides is 1. The van der Waals surface area contributed by atoms with Crippen LogP contribution in [0.4, 0.5) is 13.2 Å². The van der Waals surface area contributed by atoms with E-state index in [0.29, 0.717) is 6.42 Å². The zero-order valence-corrected chi connectivity index (χ0v) is 10.9. The van der Waals surface area contributed by atoms with Gasteiger partial charge < -0.3 is 5.73 Å². The van der Waals surface area contributed by atoms with Crippen molar-refractivity contribution < 1.29 is 18.0 Å². The van der Waals surface area contributed by atoms with Crippen molar-refractivity contribution in [3.05, 3.63) is 34.9 Å². The standard InChI is InChI=1S/C14H18F3NO/c1-2-3-4-5-7-10-11(13(18)19)8-6-9-12(10)14(15,16)17/h6,8-9H,2-5,7H2,1H3,(H2,18,19). The number of carbonyl (C=O) groups excluding carboxylic acids is 1. The molecule has 0 aliphatic carbocycles. The van der Waals surface area contributed by atoms with E-state index in [2.05, 4.69) is 0 Å². The van der Waals surface area contributed by atoms with Crippen molar-refractivity contribution in [2.24, 2.45) is 5.73 Å². The fourth-order valence-corrected chi connectivity index (χ4v) is 2.08. The number of nitrogens with two attached hydrogens (primary N) is 1. The highest BCUT2D eigenvalue weighted by Crippen LogP contribution is 2.34. The molecule has 19 heavy (non-hydrogen) atoms. The normalized spacial score (nSPS) is 11.6. The van der Waals surface area contributed by atoms with E-state index in [1.807, 2.05) is 6.92 Å². The van der Waals surface area contributed by atoms with Gasteiger partial charge in [-0.2, -0.15) is 13.2 Å². The van der Waals surface area contributed by atoms with Gasteiger partial charge in [0.05, 0.1) is 5.56 Å². The van der Waals surface area contributed by atoms with Crippen LogP contribution in [0.1, 0.15) is 54.1 Å². The fourth-order valence-electron chi connectivity index (χ4n) is 2.08. The summed E-state index contributed by atoms with van der Waals surface area (Å²) in [5.41, 5.74) is 4.41. The smallest absolute Gasteiger partial charge is 0.366 e. The number of benzene rings is 1. The van der Waals surface area contributed by atoms with Gasteiger partial charge in [-0.05, 0) is 30.5 Å². The lowest BCUT2D eigenvalue weighted by molar-refractivity contribution is -0.138. The quantitative estimate of drug-likeness (QED) is 0.784. The van der Waals surface area contributed by atoms with Crippen molar-refractivity contribution in [1.29, 1.82) is 0 Å². The second-order valence-electron chi connectivity index (χ2n) is 4.50. The molecule has 0 atom stereocenters. The fraction of sp³-hybridized carbons (Fsp3) is 0.500. The molecule has 1 aromatic carbocycles. The van der Waals surface area contributed by atoms with Gasteiger partial charge in [-0.25, -0.2) is 0 Å². The first-order valence-corrected chi connectivity index (χ1v) is 6.36. The summed E-state index contributed by atoms with van der Waals surface area (Å²) < 4.78 is 38.7. The van der Waals surface area contributed by atoms with Crippen LogP contribution < -0.4 is 5.73 Å². The summed E-state index contributed by atoms with van der Waals surface area (Å²) in [6.45, 7) is 2.03. The van der Waals surface area contributed by atoms with Crippen LogP contribution in [-0.2, 0) is 12.6 Å². The largest absolute Gasteiger partial charge is 0.416 e. The molecule has 0 heterocycles. The van der Waals surface area contributed by atoms with Crippen molar-refractivity contribution >= 4 is 5.91 Å². The third kappa shape index (κ3) is 4.26. The van der Waals surface area contributed by atoms with Crippen molar-refractivity contribution in [3.63, 3.8) is 0 Å². The maximum atomic E-state index is 12.9. The highest BCUT2D eigenvalue weighted by molar-refractivity contribution is 5.94. The Kier molecular flexibility index (Phi) is 5.39. The molecule has 0 bridgehead atoms. The van der Waals surface area contributed by atoms with E-state index >= 15 is 0 Å². The molecule has 2 N–H and O–H groups in total. The first-order valence-electron chi connectivity index (χ1n) is 6.36. The number of carbonyl (C=O) groups is 1. The van der Waals surface area contributed by atoms with Crippen molar-refractivity contribution in [2.45, 2.75) is 45.2 Å². The van der Waals surface area contributed by atoms with E-state index < -0.39 is 17.6 Å². The summed E-state index contributed by atoms with van der Waals surface area (Å²) in [5.74, 6) is -0.809. The molecule has 2 nitrogen and oxygen atoms in total. The Labute approximate surface area is 110 Å². The van der Waals surface area contributed by atoms with Gasteiger partial charge in [0.2, 0.25) is 5.91 Å². The lowest BCUT2D eigenvalue weighted by Crippen LogP contribution is -2.18. The number of hydrogen-bond acceptors (Lipinski definition) is 1. The number of rotatable bonds is 6. The summed E-state index contributed by atoms with van der Waals surface area (Å²) in [7, 11) is 0.